The highest BCUT2D eigenvalue weighted by atomic mass is 16.6. The van der Waals surface area contributed by atoms with E-state index in [1.807, 2.05) is 6.07 Å². The lowest BCUT2D eigenvalue weighted by Crippen LogP contribution is -2.16. The topological polar surface area (TPSA) is 95.7 Å². The molecule has 27 heavy (non-hydrogen) atoms. The van der Waals surface area contributed by atoms with Gasteiger partial charge in [-0.2, -0.15) is 0 Å². The molecule has 8 heteroatoms. The van der Waals surface area contributed by atoms with Gasteiger partial charge in [-0.05, 0) is 12.1 Å². The molecule has 1 N–H and O–H groups in total. The first-order chi connectivity index (χ1) is 13.2. The van der Waals surface area contributed by atoms with Gasteiger partial charge in [-0.1, -0.05) is 23.4 Å². The van der Waals surface area contributed by atoms with Gasteiger partial charge >= 0.3 is 5.97 Å². The monoisotopic (exact) mass is 367 g/mol. The largest absolute Gasteiger partial charge is 0.496 e. The second-order valence-corrected chi connectivity index (χ2v) is 5.96. The number of ether oxygens (including phenoxy) is 3. The molecule has 0 unspecified atom stereocenters. The number of aromatic nitrogens is 3. The molecular formula is C19H17N3O5. The fourth-order valence-electron chi connectivity index (χ4n) is 2.99. The first kappa shape index (κ1) is 16.9. The van der Waals surface area contributed by atoms with E-state index in [9.17, 15) is 9.90 Å². The Kier molecular flexibility index (Phi) is 4.37. The molecule has 4 rings (SSSR count). The Hall–Kier alpha value is -3.55. The Balaban J connectivity index is 1.65. The van der Waals surface area contributed by atoms with Gasteiger partial charge in [-0.3, -0.25) is 0 Å². The van der Waals surface area contributed by atoms with Crippen molar-refractivity contribution in [1.29, 1.82) is 0 Å². The fourth-order valence-corrected chi connectivity index (χ4v) is 2.99. The molecule has 2 heterocycles. The number of fused-ring (bicyclic) bond motifs is 1. The number of methoxy groups -OCH3 is 1. The maximum absolute atomic E-state index is 11.4. The summed E-state index contributed by atoms with van der Waals surface area (Å²) in [6, 6.07) is 10.4. The lowest BCUT2D eigenvalue weighted by molar-refractivity contribution is 0.0697. The summed E-state index contributed by atoms with van der Waals surface area (Å²) in [5.74, 6) is 0.959. The number of benzene rings is 2. The summed E-state index contributed by atoms with van der Waals surface area (Å²) in [5, 5.41) is 17.6. The van der Waals surface area contributed by atoms with E-state index in [4.69, 9.17) is 14.2 Å². The van der Waals surface area contributed by atoms with Crippen LogP contribution in [0, 0.1) is 0 Å². The molecular weight excluding hydrogens is 350 g/mol. The number of nitrogens with zero attached hydrogens (tertiary/aromatic N) is 3. The van der Waals surface area contributed by atoms with Crippen molar-refractivity contribution in [3.8, 4) is 28.5 Å². The van der Waals surface area contributed by atoms with E-state index in [0.29, 0.717) is 48.3 Å². The molecule has 1 aliphatic rings. The zero-order valence-corrected chi connectivity index (χ0v) is 14.6. The van der Waals surface area contributed by atoms with Crippen molar-refractivity contribution >= 4 is 5.97 Å². The smallest absolute Gasteiger partial charge is 0.336 e. The molecule has 0 radical (unpaired) electrons. The number of carbonyl (C=O) groups is 1. The van der Waals surface area contributed by atoms with E-state index < -0.39 is 5.97 Å². The molecule has 0 atom stereocenters. The number of rotatable bonds is 5. The molecule has 3 aromatic rings. The summed E-state index contributed by atoms with van der Waals surface area (Å²) in [6.45, 7) is 1.39. The van der Waals surface area contributed by atoms with Crippen molar-refractivity contribution in [2.75, 3.05) is 20.3 Å². The van der Waals surface area contributed by atoms with Crippen LogP contribution in [0.1, 0.15) is 15.9 Å². The summed E-state index contributed by atoms with van der Waals surface area (Å²) in [7, 11) is 1.59. The van der Waals surface area contributed by atoms with Crippen LogP contribution in [0.2, 0.25) is 0 Å². The molecule has 0 saturated heterocycles. The van der Waals surface area contributed by atoms with Crippen molar-refractivity contribution in [1.82, 2.24) is 15.0 Å². The summed E-state index contributed by atoms with van der Waals surface area (Å²) in [4.78, 5) is 11.4. The van der Waals surface area contributed by atoms with Crippen LogP contribution < -0.4 is 14.2 Å². The molecule has 1 aliphatic heterocycles. The minimum Gasteiger partial charge on any atom is -0.496 e. The van der Waals surface area contributed by atoms with Crippen molar-refractivity contribution in [2.45, 2.75) is 6.54 Å². The number of aromatic carboxylic acids is 1. The molecule has 0 bridgehead atoms. The number of carboxylic acid groups (broad SMARTS) is 1. The van der Waals surface area contributed by atoms with E-state index in [-0.39, 0.29) is 5.56 Å². The predicted octanol–water partition coefficient (Wildman–Crippen LogP) is 2.47. The van der Waals surface area contributed by atoms with Gasteiger partial charge in [0, 0.05) is 17.2 Å². The number of hydrogen-bond donors (Lipinski definition) is 1. The fraction of sp³-hybridized carbons (Fsp3) is 0.211. The lowest BCUT2D eigenvalue weighted by Gasteiger charge is -2.20. The summed E-state index contributed by atoms with van der Waals surface area (Å²) < 4.78 is 18.3. The summed E-state index contributed by atoms with van der Waals surface area (Å²) in [6.07, 6.45) is 1.71. The first-order valence-electron chi connectivity index (χ1n) is 8.35. The third kappa shape index (κ3) is 3.29. The zero-order chi connectivity index (χ0) is 18.8. The molecule has 0 spiro atoms. The third-order valence-electron chi connectivity index (χ3n) is 4.25. The van der Waals surface area contributed by atoms with Crippen LogP contribution in [0.25, 0.3) is 11.3 Å². The van der Waals surface area contributed by atoms with E-state index in [0.717, 1.165) is 5.56 Å². The molecule has 0 amide bonds. The highest BCUT2D eigenvalue weighted by Gasteiger charge is 2.18. The molecule has 0 saturated carbocycles. The van der Waals surface area contributed by atoms with Gasteiger partial charge < -0.3 is 19.3 Å². The van der Waals surface area contributed by atoms with Gasteiger partial charge in [0.25, 0.3) is 0 Å². The van der Waals surface area contributed by atoms with Crippen LogP contribution in [0.3, 0.4) is 0 Å². The van der Waals surface area contributed by atoms with Gasteiger partial charge in [-0.15, -0.1) is 5.10 Å². The lowest BCUT2D eigenvalue weighted by atomic mass is 10.1. The first-order valence-corrected chi connectivity index (χ1v) is 8.35. The maximum Gasteiger partial charge on any atom is 0.336 e. The minimum atomic E-state index is -1.01. The van der Waals surface area contributed by atoms with Gasteiger partial charge in [-0.25, -0.2) is 9.48 Å². The van der Waals surface area contributed by atoms with Crippen molar-refractivity contribution in [2.24, 2.45) is 0 Å². The number of carboxylic acids is 1. The molecule has 8 nitrogen and oxygen atoms in total. The quantitative estimate of drug-likeness (QED) is 0.740. The Morgan fingerprint density at radius 3 is 2.70 bits per heavy atom. The SMILES string of the molecule is COc1cc2c(cc1Cn1cc(-c3ccccc3C(=O)O)nn1)OCCO2. The predicted molar refractivity (Wildman–Crippen MR) is 95.5 cm³/mol. The van der Waals surface area contributed by atoms with Crippen molar-refractivity contribution in [3.63, 3.8) is 0 Å². The molecule has 2 aromatic carbocycles. The summed E-state index contributed by atoms with van der Waals surface area (Å²) in [5.41, 5.74) is 2.04. The maximum atomic E-state index is 11.4. The Morgan fingerprint density at radius 1 is 1.22 bits per heavy atom. The second kappa shape index (κ2) is 6.99. The van der Waals surface area contributed by atoms with Crippen LogP contribution >= 0.6 is 0 Å². The molecule has 0 fully saturated rings. The van der Waals surface area contributed by atoms with Crippen LogP contribution in [-0.4, -0.2) is 46.4 Å². The van der Waals surface area contributed by atoms with E-state index in [1.54, 1.807) is 48.3 Å². The van der Waals surface area contributed by atoms with Crippen molar-refractivity contribution < 1.29 is 24.1 Å². The van der Waals surface area contributed by atoms with E-state index in [2.05, 4.69) is 10.3 Å². The van der Waals surface area contributed by atoms with Crippen LogP contribution in [0.5, 0.6) is 17.2 Å². The standard InChI is InChI=1S/C19H17N3O5/c1-25-16-9-18-17(26-6-7-27-18)8-12(16)10-22-11-15(20-21-22)13-4-2-3-5-14(13)19(23)24/h2-5,8-9,11H,6-7,10H2,1H3,(H,23,24). The molecule has 0 aliphatic carbocycles. The average Bonchev–Trinajstić information content (AvgIpc) is 3.15. The van der Waals surface area contributed by atoms with Crippen LogP contribution in [0.15, 0.2) is 42.6 Å². The van der Waals surface area contributed by atoms with Gasteiger partial charge in [0.2, 0.25) is 0 Å². The van der Waals surface area contributed by atoms with Gasteiger partial charge in [0.1, 0.15) is 24.7 Å². The highest BCUT2D eigenvalue weighted by molar-refractivity contribution is 5.95. The Labute approximate surface area is 154 Å². The summed E-state index contributed by atoms with van der Waals surface area (Å²) >= 11 is 0. The molecule has 1 aromatic heterocycles. The highest BCUT2D eigenvalue weighted by Crippen LogP contribution is 2.37. The van der Waals surface area contributed by atoms with Gasteiger partial charge in [0.05, 0.1) is 25.4 Å². The minimum absolute atomic E-state index is 0.182. The normalized spacial score (nSPS) is 12.6. The van der Waals surface area contributed by atoms with E-state index >= 15 is 0 Å². The van der Waals surface area contributed by atoms with Crippen LogP contribution in [-0.2, 0) is 6.54 Å². The number of hydrogen-bond acceptors (Lipinski definition) is 6. The second-order valence-electron chi connectivity index (χ2n) is 5.96. The average molecular weight is 367 g/mol. The third-order valence-corrected chi connectivity index (χ3v) is 4.25. The van der Waals surface area contributed by atoms with E-state index in [1.165, 1.54) is 0 Å². The van der Waals surface area contributed by atoms with Crippen molar-refractivity contribution in [3.05, 3.63) is 53.7 Å². The Morgan fingerprint density at radius 2 is 1.96 bits per heavy atom. The van der Waals surface area contributed by atoms with Crippen LogP contribution in [0.4, 0.5) is 0 Å². The van der Waals surface area contributed by atoms with Gasteiger partial charge in [0.15, 0.2) is 11.5 Å². The zero-order valence-electron chi connectivity index (χ0n) is 14.6. The Bertz CT molecular complexity index is 999. The molecule has 138 valence electrons.